The van der Waals surface area contributed by atoms with E-state index in [1.807, 2.05) is 0 Å². The van der Waals surface area contributed by atoms with Crippen LogP contribution in [0, 0.1) is 22.9 Å². The zero-order valence-corrected chi connectivity index (χ0v) is 9.38. The number of nitro groups is 1. The Morgan fingerprint density at radius 2 is 2.33 bits per heavy atom. The molecule has 0 aliphatic heterocycles. The van der Waals surface area contributed by atoms with Gasteiger partial charge in [-0.05, 0) is 19.1 Å². The lowest BCUT2D eigenvalue weighted by molar-refractivity contribution is -0.387. The molecular formula is C10H9FN4O3. The van der Waals surface area contributed by atoms with E-state index in [0.29, 0.717) is 17.4 Å². The van der Waals surface area contributed by atoms with E-state index in [1.165, 1.54) is 6.07 Å². The van der Waals surface area contributed by atoms with Gasteiger partial charge in [0.05, 0.1) is 11.5 Å². The van der Waals surface area contributed by atoms with Crippen LogP contribution in [0.5, 0.6) is 0 Å². The number of nitrogens with zero attached hydrogens (tertiary/aromatic N) is 3. The maximum atomic E-state index is 13.1. The molecule has 0 aliphatic carbocycles. The molecule has 8 heteroatoms. The largest absolute Gasteiger partial charge is 0.376 e. The first kappa shape index (κ1) is 12.0. The van der Waals surface area contributed by atoms with Crippen molar-refractivity contribution in [3.05, 3.63) is 45.8 Å². The molecule has 1 N–H and O–H groups in total. The Morgan fingerprint density at radius 1 is 1.56 bits per heavy atom. The van der Waals surface area contributed by atoms with Crippen molar-refractivity contribution in [3.8, 4) is 0 Å². The predicted octanol–water partition coefficient (Wildman–Crippen LogP) is 2.04. The summed E-state index contributed by atoms with van der Waals surface area (Å²) in [5.74, 6) is -0.0319. The van der Waals surface area contributed by atoms with Crippen LogP contribution in [0.2, 0.25) is 0 Å². The zero-order valence-electron chi connectivity index (χ0n) is 9.38. The molecule has 0 saturated heterocycles. The molecule has 0 amide bonds. The lowest BCUT2D eigenvalue weighted by Crippen LogP contribution is -2.01. The van der Waals surface area contributed by atoms with Gasteiger partial charge in [-0.15, -0.1) is 0 Å². The van der Waals surface area contributed by atoms with Gasteiger partial charge < -0.3 is 9.84 Å². The Kier molecular flexibility index (Phi) is 3.18. The maximum Gasteiger partial charge on any atom is 0.306 e. The molecule has 18 heavy (non-hydrogen) atoms. The van der Waals surface area contributed by atoms with Crippen LogP contribution in [-0.2, 0) is 6.54 Å². The molecule has 1 heterocycles. The van der Waals surface area contributed by atoms with E-state index in [4.69, 9.17) is 4.52 Å². The van der Waals surface area contributed by atoms with E-state index in [0.717, 1.165) is 12.1 Å². The number of anilines is 1. The second-order valence-electron chi connectivity index (χ2n) is 3.51. The van der Waals surface area contributed by atoms with E-state index in [-0.39, 0.29) is 6.54 Å². The molecule has 2 aromatic rings. The van der Waals surface area contributed by atoms with Crippen LogP contribution in [0.1, 0.15) is 11.7 Å². The molecule has 7 nitrogen and oxygen atoms in total. The van der Waals surface area contributed by atoms with Crippen LogP contribution in [0.15, 0.2) is 22.7 Å². The van der Waals surface area contributed by atoms with Gasteiger partial charge in [0, 0.05) is 11.8 Å². The summed E-state index contributed by atoms with van der Waals surface area (Å²) in [5.41, 5.74) is -0.180. The highest BCUT2D eigenvalue weighted by Crippen LogP contribution is 2.21. The Balaban J connectivity index is 2.10. The molecule has 0 saturated carbocycles. The second kappa shape index (κ2) is 4.78. The van der Waals surface area contributed by atoms with Crippen LogP contribution in [0.4, 0.5) is 15.8 Å². The van der Waals surface area contributed by atoms with E-state index in [9.17, 15) is 14.5 Å². The molecule has 1 aromatic carbocycles. The molecule has 2 rings (SSSR count). The number of benzene rings is 1. The summed E-state index contributed by atoms with van der Waals surface area (Å²) >= 11 is 0. The van der Waals surface area contributed by atoms with Gasteiger partial charge in [-0.25, -0.2) is 0 Å². The number of nitrogens with one attached hydrogen (secondary N) is 1. The number of halogens is 1. The number of aryl methyl sites for hydroxylation is 1. The molecule has 94 valence electrons. The van der Waals surface area contributed by atoms with Crippen molar-refractivity contribution >= 4 is 11.4 Å². The minimum absolute atomic E-state index is 0.212. The standard InChI is InChI=1S/C10H9FN4O3/c1-6-13-10(18-14-6)5-12-7-2-3-8(11)9(4-7)15(16)17/h2-4,12H,5H2,1H3. The van der Waals surface area contributed by atoms with Crippen molar-refractivity contribution in [1.82, 2.24) is 10.1 Å². The number of hydrogen-bond donors (Lipinski definition) is 1. The Labute approximate surface area is 101 Å². The Morgan fingerprint density at radius 3 is 2.94 bits per heavy atom. The third-order valence-electron chi connectivity index (χ3n) is 2.16. The fraction of sp³-hybridized carbons (Fsp3) is 0.200. The van der Waals surface area contributed by atoms with Crippen molar-refractivity contribution in [1.29, 1.82) is 0 Å². The quantitative estimate of drug-likeness (QED) is 0.660. The van der Waals surface area contributed by atoms with Gasteiger partial charge in [0.1, 0.15) is 0 Å². The molecule has 1 aromatic heterocycles. The van der Waals surface area contributed by atoms with Crippen molar-refractivity contribution in [2.45, 2.75) is 13.5 Å². The summed E-state index contributed by atoms with van der Waals surface area (Å²) in [6.45, 7) is 1.89. The number of rotatable bonds is 4. The first-order chi connectivity index (χ1) is 8.56. The summed E-state index contributed by atoms with van der Waals surface area (Å²) < 4.78 is 17.9. The zero-order chi connectivity index (χ0) is 13.1. The maximum absolute atomic E-state index is 13.1. The Hall–Kier alpha value is -2.51. The van der Waals surface area contributed by atoms with Crippen LogP contribution in [-0.4, -0.2) is 15.1 Å². The minimum atomic E-state index is -0.876. The van der Waals surface area contributed by atoms with Crippen molar-refractivity contribution in [2.75, 3.05) is 5.32 Å². The van der Waals surface area contributed by atoms with Gasteiger partial charge in [-0.2, -0.15) is 9.37 Å². The van der Waals surface area contributed by atoms with E-state index >= 15 is 0 Å². The van der Waals surface area contributed by atoms with Crippen molar-refractivity contribution in [3.63, 3.8) is 0 Å². The van der Waals surface area contributed by atoms with Crippen molar-refractivity contribution < 1.29 is 13.8 Å². The van der Waals surface area contributed by atoms with Crippen LogP contribution in [0.3, 0.4) is 0 Å². The smallest absolute Gasteiger partial charge is 0.306 e. The monoisotopic (exact) mass is 252 g/mol. The molecular weight excluding hydrogens is 243 g/mol. The molecule has 0 radical (unpaired) electrons. The highest BCUT2D eigenvalue weighted by Gasteiger charge is 2.14. The number of hydrogen-bond acceptors (Lipinski definition) is 6. The molecule has 0 unspecified atom stereocenters. The highest BCUT2D eigenvalue weighted by molar-refractivity contribution is 5.51. The Bertz CT molecular complexity index is 584. The second-order valence-corrected chi connectivity index (χ2v) is 3.51. The molecule has 0 aliphatic rings. The fourth-order valence-corrected chi connectivity index (χ4v) is 1.35. The van der Waals surface area contributed by atoms with E-state index in [1.54, 1.807) is 6.92 Å². The first-order valence-electron chi connectivity index (χ1n) is 5.03. The van der Waals surface area contributed by atoms with Crippen LogP contribution in [0.25, 0.3) is 0 Å². The fourth-order valence-electron chi connectivity index (χ4n) is 1.35. The normalized spacial score (nSPS) is 10.3. The van der Waals surface area contributed by atoms with Crippen LogP contribution >= 0.6 is 0 Å². The average molecular weight is 252 g/mol. The predicted molar refractivity (Wildman–Crippen MR) is 59.4 cm³/mol. The summed E-state index contributed by atoms with van der Waals surface area (Å²) in [6.07, 6.45) is 0. The summed E-state index contributed by atoms with van der Waals surface area (Å²) in [5, 5.41) is 17.0. The van der Waals surface area contributed by atoms with E-state index < -0.39 is 16.4 Å². The minimum Gasteiger partial charge on any atom is -0.376 e. The summed E-state index contributed by atoms with van der Waals surface area (Å²) in [6, 6.07) is 3.53. The van der Waals surface area contributed by atoms with Gasteiger partial charge in [0.2, 0.25) is 11.7 Å². The van der Waals surface area contributed by atoms with Gasteiger partial charge in [-0.3, -0.25) is 10.1 Å². The lowest BCUT2D eigenvalue weighted by atomic mass is 10.2. The van der Waals surface area contributed by atoms with Gasteiger partial charge >= 0.3 is 5.69 Å². The molecule has 0 spiro atoms. The third kappa shape index (κ3) is 2.59. The van der Waals surface area contributed by atoms with Crippen molar-refractivity contribution in [2.24, 2.45) is 0 Å². The lowest BCUT2D eigenvalue weighted by Gasteiger charge is -2.03. The average Bonchev–Trinajstić information content (AvgIpc) is 2.74. The van der Waals surface area contributed by atoms with Gasteiger partial charge in [-0.1, -0.05) is 5.16 Å². The molecule has 0 fully saturated rings. The number of aromatic nitrogens is 2. The van der Waals surface area contributed by atoms with Crippen LogP contribution < -0.4 is 5.32 Å². The first-order valence-corrected chi connectivity index (χ1v) is 5.03. The van der Waals surface area contributed by atoms with E-state index in [2.05, 4.69) is 15.5 Å². The summed E-state index contributed by atoms with van der Waals surface area (Å²) in [4.78, 5) is 13.7. The number of nitro benzene ring substituents is 1. The van der Waals surface area contributed by atoms with Gasteiger partial charge in [0.15, 0.2) is 5.82 Å². The third-order valence-corrected chi connectivity index (χ3v) is 2.16. The summed E-state index contributed by atoms with van der Waals surface area (Å²) in [7, 11) is 0. The highest BCUT2D eigenvalue weighted by atomic mass is 19.1. The van der Waals surface area contributed by atoms with Gasteiger partial charge in [0.25, 0.3) is 0 Å². The molecule has 0 bridgehead atoms. The SMILES string of the molecule is Cc1noc(CNc2ccc(F)c([N+](=O)[O-])c2)n1. The topological polar surface area (TPSA) is 94.1 Å². The molecule has 0 atom stereocenters.